The number of carbonyl (C=O) groups is 3. The molecule has 3 aliphatic heterocycles. The van der Waals surface area contributed by atoms with Gasteiger partial charge in [0.1, 0.15) is 5.82 Å². The molecule has 0 saturated carbocycles. The van der Waals surface area contributed by atoms with Gasteiger partial charge in [0.15, 0.2) is 0 Å². The van der Waals surface area contributed by atoms with E-state index in [9.17, 15) is 18.8 Å². The molecule has 8 heteroatoms. The van der Waals surface area contributed by atoms with Crippen molar-refractivity contribution in [2.75, 3.05) is 32.7 Å². The van der Waals surface area contributed by atoms with E-state index in [4.69, 9.17) is 11.6 Å². The maximum Gasteiger partial charge on any atom is 0.234 e. The van der Waals surface area contributed by atoms with Crippen molar-refractivity contribution in [3.8, 4) is 0 Å². The summed E-state index contributed by atoms with van der Waals surface area (Å²) in [4.78, 5) is 42.3. The maximum atomic E-state index is 13.2. The average Bonchev–Trinajstić information content (AvgIpc) is 3.31. The highest BCUT2D eigenvalue weighted by molar-refractivity contribution is 6.31. The van der Waals surface area contributed by atoms with Gasteiger partial charge in [-0.15, -0.1) is 0 Å². The van der Waals surface area contributed by atoms with E-state index in [2.05, 4.69) is 0 Å². The number of fused-ring (bicyclic) bond motifs is 1. The van der Waals surface area contributed by atoms with Gasteiger partial charge in [0.25, 0.3) is 0 Å². The van der Waals surface area contributed by atoms with Crippen molar-refractivity contribution >= 4 is 29.3 Å². The molecule has 0 unspecified atom stereocenters. The molecular weight excluding hydrogens is 385 g/mol. The molecule has 3 fully saturated rings. The Kier molecular flexibility index (Phi) is 5.38. The van der Waals surface area contributed by atoms with E-state index < -0.39 is 0 Å². The molecule has 3 saturated heterocycles. The maximum absolute atomic E-state index is 13.2. The Hall–Kier alpha value is -1.99. The second-order valence-electron chi connectivity index (χ2n) is 7.81. The summed E-state index contributed by atoms with van der Waals surface area (Å²) in [5.41, 5.74) is 0.787. The van der Waals surface area contributed by atoms with Crippen LogP contribution < -0.4 is 0 Å². The number of benzene rings is 1. The van der Waals surface area contributed by atoms with Gasteiger partial charge in [0, 0.05) is 50.7 Å². The van der Waals surface area contributed by atoms with Crippen LogP contribution in [0.4, 0.5) is 4.39 Å². The minimum Gasteiger partial charge on any atom is -0.343 e. The van der Waals surface area contributed by atoms with E-state index in [-0.39, 0.29) is 35.4 Å². The van der Waals surface area contributed by atoms with Gasteiger partial charge in [-0.05, 0) is 30.5 Å². The van der Waals surface area contributed by atoms with Gasteiger partial charge in [-0.25, -0.2) is 4.39 Å². The van der Waals surface area contributed by atoms with Crippen molar-refractivity contribution in [1.29, 1.82) is 0 Å². The molecule has 0 radical (unpaired) electrons. The molecule has 3 heterocycles. The van der Waals surface area contributed by atoms with Crippen LogP contribution in [0.25, 0.3) is 0 Å². The molecule has 28 heavy (non-hydrogen) atoms. The summed E-state index contributed by atoms with van der Waals surface area (Å²) in [5, 5.41) is 0.354. The molecule has 2 atom stereocenters. The quantitative estimate of drug-likeness (QED) is 0.676. The lowest BCUT2D eigenvalue weighted by molar-refractivity contribution is -0.140. The van der Waals surface area contributed by atoms with Gasteiger partial charge >= 0.3 is 0 Å². The molecule has 0 aliphatic carbocycles. The molecule has 0 N–H and O–H groups in total. The van der Waals surface area contributed by atoms with Gasteiger partial charge in [-0.2, -0.15) is 0 Å². The van der Waals surface area contributed by atoms with E-state index in [1.165, 1.54) is 17.0 Å². The molecule has 3 amide bonds. The van der Waals surface area contributed by atoms with E-state index in [0.717, 1.165) is 18.5 Å². The van der Waals surface area contributed by atoms with Crippen LogP contribution in [0.2, 0.25) is 5.02 Å². The van der Waals surface area contributed by atoms with Crippen molar-refractivity contribution in [3.63, 3.8) is 0 Å². The average molecular weight is 408 g/mol. The smallest absolute Gasteiger partial charge is 0.234 e. The summed E-state index contributed by atoms with van der Waals surface area (Å²) >= 11 is 6.09. The number of nitrogens with zero attached hydrogens (tertiary/aromatic N) is 3. The van der Waals surface area contributed by atoms with Crippen LogP contribution in [0, 0.1) is 17.7 Å². The lowest BCUT2D eigenvalue weighted by Gasteiger charge is -2.22. The van der Waals surface area contributed by atoms with E-state index in [0.29, 0.717) is 50.6 Å². The fourth-order valence-corrected chi connectivity index (χ4v) is 4.72. The molecule has 1 aromatic carbocycles. The van der Waals surface area contributed by atoms with Gasteiger partial charge < -0.3 is 4.90 Å². The van der Waals surface area contributed by atoms with Gasteiger partial charge in [-0.1, -0.05) is 17.7 Å². The predicted molar refractivity (Wildman–Crippen MR) is 101 cm³/mol. The Morgan fingerprint density at radius 1 is 1.07 bits per heavy atom. The van der Waals surface area contributed by atoms with E-state index >= 15 is 0 Å². The Balaban J connectivity index is 1.32. The highest BCUT2D eigenvalue weighted by atomic mass is 35.5. The Morgan fingerprint density at radius 3 is 2.39 bits per heavy atom. The zero-order valence-corrected chi connectivity index (χ0v) is 16.3. The molecule has 0 bridgehead atoms. The number of amides is 3. The van der Waals surface area contributed by atoms with E-state index in [1.807, 2.05) is 4.90 Å². The summed E-state index contributed by atoms with van der Waals surface area (Å²) in [7, 11) is 0. The first kappa shape index (κ1) is 19.3. The Labute approximate surface area is 168 Å². The lowest BCUT2D eigenvalue weighted by atomic mass is 10.00. The SMILES string of the molecule is O=C1CCCN1CCCN1C(=O)[C@H]2CN(Cc3ccc(F)cc3Cl)C[C@H]2C1=O. The number of rotatable bonds is 6. The molecule has 3 aliphatic rings. The first-order valence-electron chi connectivity index (χ1n) is 9.73. The normalized spacial score (nSPS) is 25.3. The number of hydrogen-bond acceptors (Lipinski definition) is 4. The minimum absolute atomic E-state index is 0.115. The topological polar surface area (TPSA) is 60.9 Å². The molecule has 6 nitrogen and oxygen atoms in total. The van der Waals surface area contributed by atoms with Crippen LogP contribution >= 0.6 is 11.6 Å². The first-order chi connectivity index (χ1) is 13.4. The Morgan fingerprint density at radius 2 is 1.79 bits per heavy atom. The number of likely N-dealkylation sites (tertiary alicyclic amines) is 3. The highest BCUT2D eigenvalue weighted by Gasteiger charge is 2.51. The summed E-state index contributed by atoms with van der Waals surface area (Å²) < 4.78 is 13.2. The van der Waals surface area contributed by atoms with Crippen molar-refractivity contribution in [1.82, 2.24) is 14.7 Å². The fourth-order valence-electron chi connectivity index (χ4n) is 4.50. The van der Waals surface area contributed by atoms with Crippen molar-refractivity contribution < 1.29 is 18.8 Å². The van der Waals surface area contributed by atoms with Crippen molar-refractivity contribution in [2.45, 2.75) is 25.8 Å². The van der Waals surface area contributed by atoms with Gasteiger partial charge in [0.05, 0.1) is 11.8 Å². The molecule has 1 aromatic rings. The standard InChI is InChI=1S/C20H23ClFN3O3/c21-17-9-14(22)5-4-13(17)10-23-11-15-16(12-23)20(28)25(19(15)27)8-2-7-24-6-1-3-18(24)26/h4-5,9,15-16H,1-3,6-8,10-12H2/t15-,16+. The molecular formula is C20H23ClFN3O3. The number of hydrogen-bond donors (Lipinski definition) is 0. The first-order valence-corrected chi connectivity index (χ1v) is 10.1. The highest BCUT2D eigenvalue weighted by Crippen LogP contribution is 2.34. The van der Waals surface area contributed by atoms with Crippen molar-refractivity contribution in [3.05, 3.63) is 34.6 Å². The Bertz CT molecular complexity index is 794. The van der Waals surface area contributed by atoms with Crippen LogP contribution in [0.15, 0.2) is 18.2 Å². The molecule has 0 spiro atoms. The summed E-state index contributed by atoms with van der Waals surface area (Å²) in [6.45, 7) is 3.24. The largest absolute Gasteiger partial charge is 0.343 e. The molecule has 0 aromatic heterocycles. The monoisotopic (exact) mass is 407 g/mol. The second-order valence-corrected chi connectivity index (χ2v) is 8.22. The third-order valence-corrected chi connectivity index (χ3v) is 6.30. The summed E-state index contributed by atoms with van der Waals surface area (Å²) in [6.07, 6.45) is 2.11. The summed E-state index contributed by atoms with van der Waals surface area (Å²) in [5.74, 6) is -1.10. The van der Waals surface area contributed by atoms with Gasteiger partial charge in [0.2, 0.25) is 17.7 Å². The zero-order valence-electron chi connectivity index (χ0n) is 15.6. The number of halogens is 2. The zero-order chi connectivity index (χ0) is 19.8. The third-order valence-electron chi connectivity index (χ3n) is 5.95. The van der Waals surface area contributed by atoms with Crippen molar-refractivity contribution in [2.24, 2.45) is 11.8 Å². The molecule has 4 rings (SSSR count). The number of carbonyl (C=O) groups excluding carboxylic acids is 3. The summed E-state index contributed by atoms with van der Waals surface area (Å²) in [6, 6.07) is 4.28. The van der Waals surface area contributed by atoms with Crippen LogP contribution in [-0.2, 0) is 20.9 Å². The third kappa shape index (κ3) is 3.65. The number of imide groups is 1. The second kappa shape index (κ2) is 7.79. The van der Waals surface area contributed by atoms with Crippen LogP contribution in [0.3, 0.4) is 0 Å². The predicted octanol–water partition coefficient (Wildman–Crippen LogP) is 1.91. The van der Waals surface area contributed by atoms with E-state index in [1.54, 1.807) is 11.0 Å². The molecule has 150 valence electrons. The fraction of sp³-hybridized carbons (Fsp3) is 0.550. The van der Waals surface area contributed by atoms with Crippen LogP contribution in [0.1, 0.15) is 24.8 Å². The van der Waals surface area contributed by atoms with Crippen LogP contribution in [-0.4, -0.2) is 65.1 Å². The minimum atomic E-state index is -0.385. The van der Waals surface area contributed by atoms with Gasteiger partial charge in [-0.3, -0.25) is 24.2 Å². The van der Waals surface area contributed by atoms with Crippen LogP contribution in [0.5, 0.6) is 0 Å². The lowest BCUT2D eigenvalue weighted by Crippen LogP contribution is -2.38.